The maximum Gasteiger partial charge on any atom is 0.161 e. The number of halogens is 1. The number of nitrogens with zero attached hydrogens (tertiary/aromatic N) is 1. The Hall–Kier alpha value is -1.60. The molecule has 1 aromatic heterocycles. The van der Waals surface area contributed by atoms with E-state index in [1.807, 2.05) is 12.1 Å². The van der Waals surface area contributed by atoms with Crippen molar-refractivity contribution in [2.75, 3.05) is 13.2 Å². The molecule has 3 nitrogen and oxygen atoms in total. The molecule has 26 heavy (non-hydrogen) atoms. The molecule has 0 amide bonds. The molecular weight excluding hydrogens is 457 g/mol. The molecule has 0 atom stereocenters. The highest BCUT2D eigenvalue weighted by Gasteiger charge is 2.14. The third-order valence-electron chi connectivity index (χ3n) is 4.53. The SMILES string of the molecule is Cc1cc(Cc2csc(-c3ccc4c(c3)OCCCO4)n2)c(C)cc1I. The number of aryl methyl sites for hydroxylation is 2. The fourth-order valence-electron chi connectivity index (χ4n) is 3.04. The molecule has 3 aromatic rings. The highest BCUT2D eigenvalue weighted by Crippen LogP contribution is 2.35. The Morgan fingerprint density at radius 2 is 1.85 bits per heavy atom. The fourth-order valence-corrected chi connectivity index (χ4v) is 4.48. The molecule has 0 spiro atoms. The maximum absolute atomic E-state index is 5.80. The van der Waals surface area contributed by atoms with Crippen LogP contribution < -0.4 is 9.47 Å². The molecule has 0 aliphatic carbocycles. The summed E-state index contributed by atoms with van der Waals surface area (Å²) in [6.07, 6.45) is 1.78. The summed E-state index contributed by atoms with van der Waals surface area (Å²) in [5.74, 6) is 1.65. The summed E-state index contributed by atoms with van der Waals surface area (Å²) in [5.41, 5.74) is 6.19. The van der Waals surface area contributed by atoms with Crippen molar-refractivity contribution in [1.82, 2.24) is 4.98 Å². The second kappa shape index (κ2) is 7.56. The molecule has 0 saturated heterocycles. The smallest absolute Gasteiger partial charge is 0.161 e. The van der Waals surface area contributed by atoms with Crippen LogP contribution in [0, 0.1) is 17.4 Å². The first kappa shape index (κ1) is 17.8. The lowest BCUT2D eigenvalue weighted by Gasteiger charge is -2.08. The zero-order valence-corrected chi connectivity index (χ0v) is 17.8. The molecule has 0 radical (unpaired) electrons. The Bertz CT molecular complexity index is 951. The first-order chi connectivity index (χ1) is 12.6. The lowest BCUT2D eigenvalue weighted by molar-refractivity contribution is 0.297. The van der Waals surface area contributed by atoms with Crippen LogP contribution in [0.4, 0.5) is 0 Å². The van der Waals surface area contributed by atoms with Crippen molar-refractivity contribution < 1.29 is 9.47 Å². The summed E-state index contributed by atoms with van der Waals surface area (Å²) >= 11 is 4.08. The van der Waals surface area contributed by atoms with Gasteiger partial charge in [0.2, 0.25) is 0 Å². The molecular formula is C21H20INO2S. The van der Waals surface area contributed by atoms with Crippen molar-refractivity contribution in [3.8, 4) is 22.1 Å². The Kier molecular flexibility index (Phi) is 5.18. The summed E-state index contributed by atoms with van der Waals surface area (Å²) in [6, 6.07) is 10.6. The Labute approximate surface area is 171 Å². The third kappa shape index (κ3) is 3.74. The Morgan fingerprint density at radius 3 is 2.69 bits per heavy atom. The zero-order valence-electron chi connectivity index (χ0n) is 14.8. The Morgan fingerprint density at radius 1 is 1.04 bits per heavy atom. The molecule has 0 fully saturated rings. The van der Waals surface area contributed by atoms with Crippen molar-refractivity contribution in [2.45, 2.75) is 26.7 Å². The molecule has 0 unspecified atom stereocenters. The van der Waals surface area contributed by atoms with E-state index in [0.29, 0.717) is 13.2 Å². The average Bonchev–Trinajstić information content (AvgIpc) is 2.96. The van der Waals surface area contributed by atoms with Gasteiger partial charge in [-0.1, -0.05) is 6.07 Å². The van der Waals surface area contributed by atoms with Crippen LogP contribution in [0.3, 0.4) is 0 Å². The first-order valence-electron chi connectivity index (χ1n) is 8.70. The van der Waals surface area contributed by atoms with Gasteiger partial charge in [-0.2, -0.15) is 0 Å². The van der Waals surface area contributed by atoms with Crippen molar-refractivity contribution in [3.05, 3.63) is 61.7 Å². The number of thiazole rings is 1. The van der Waals surface area contributed by atoms with Crippen molar-refractivity contribution in [1.29, 1.82) is 0 Å². The topological polar surface area (TPSA) is 31.4 Å². The standard InChI is InChI=1S/C21H20INO2S/c1-13-9-18(22)14(2)8-16(13)10-17-12-26-21(23-17)15-4-5-19-20(11-15)25-7-3-6-24-19/h4-5,8-9,11-12H,3,6-7,10H2,1-2H3. The number of benzene rings is 2. The number of rotatable bonds is 3. The van der Waals surface area contributed by atoms with E-state index in [0.717, 1.165) is 40.6 Å². The van der Waals surface area contributed by atoms with Crippen molar-refractivity contribution in [3.63, 3.8) is 0 Å². The largest absolute Gasteiger partial charge is 0.490 e. The minimum atomic E-state index is 0.699. The van der Waals surface area contributed by atoms with Gasteiger partial charge in [0, 0.05) is 27.4 Å². The van der Waals surface area contributed by atoms with E-state index in [-0.39, 0.29) is 0 Å². The van der Waals surface area contributed by atoms with Gasteiger partial charge in [0.05, 0.1) is 18.9 Å². The maximum atomic E-state index is 5.80. The van der Waals surface area contributed by atoms with Crippen LogP contribution in [-0.2, 0) is 6.42 Å². The number of hydrogen-bond donors (Lipinski definition) is 0. The molecule has 2 aromatic carbocycles. The highest BCUT2D eigenvalue weighted by atomic mass is 127. The molecule has 1 aliphatic heterocycles. The van der Waals surface area contributed by atoms with Gasteiger partial charge >= 0.3 is 0 Å². The lowest BCUT2D eigenvalue weighted by atomic mass is 10.0. The summed E-state index contributed by atoms with van der Waals surface area (Å²) in [5, 5.41) is 3.18. The number of aromatic nitrogens is 1. The van der Waals surface area contributed by atoms with Crippen molar-refractivity contribution in [2.24, 2.45) is 0 Å². The van der Waals surface area contributed by atoms with E-state index in [9.17, 15) is 0 Å². The van der Waals surface area contributed by atoms with Crippen LogP contribution in [0.2, 0.25) is 0 Å². The molecule has 1 aliphatic rings. The van der Waals surface area contributed by atoms with Gasteiger partial charge in [0.1, 0.15) is 5.01 Å². The number of hydrogen-bond acceptors (Lipinski definition) is 4. The van der Waals surface area contributed by atoms with Gasteiger partial charge in [0.25, 0.3) is 0 Å². The predicted molar refractivity (Wildman–Crippen MR) is 115 cm³/mol. The molecule has 4 rings (SSSR count). The van der Waals surface area contributed by atoms with Crippen LogP contribution in [0.25, 0.3) is 10.6 Å². The van der Waals surface area contributed by atoms with Crippen molar-refractivity contribution >= 4 is 33.9 Å². The normalized spacial score (nSPS) is 13.5. The van der Waals surface area contributed by atoms with E-state index in [4.69, 9.17) is 14.5 Å². The van der Waals surface area contributed by atoms with E-state index in [1.165, 1.54) is 20.3 Å². The molecule has 0 saturated carbocycles. The summed E-state index contributed by atoms with van der Waals surface area (Å²) in [7, 11) is 0. The van der Waals surface area contributed by atoms with E-state index in [1.54, 1.807) is 11.3 Å². The molecule has 0 N–H and O–H groups in total. The Balaban J connectivity index is 1.59. The third-order valence-corrected chi connectivity index (χ3v) is 6.64. The minimum Gasteiger partial charge on any atom is -0.490 e. The first-order valence-corrected chi connectivity index (χ1v) is 10.7. The molecule has 2 heterocycles. The van der Waals surface area contributed by atoms with Crippen LogP contribution in [0.1, 0.15) is 28.8 Å². The van der Waals surface area contributed by atoms with Gasteiger partial charge in [-0.3, -0.25) is 0 Å². The zero-order chi connectivity index (χ0) is 18.1. The molecule has 134 valence electrons. The molecule has 0 bridgehead atoms. The minimum absolute atomic E-state index is 0.699. The van der Waals surface area contributed by atoms with Gasteiger partial charge < -0.3 is 9.47 Å². The lowest BCUT2D eigenvalue weighted by Crippen LogP contribution is -1.97. The fraction of sp³-hybridized carbons (Fsp3) is 0.286. The number of ether oxygens (including phenoxy) is 2. The molecule has 5 heteroatoms. The van der Waals surface area contributed by atoms with Gasteiger partial charge in [-0.25, -0.2) is 4.98 Å². The monoisotopic (exact) mass is 477 g/mol. The summed E-state index contributed by atoms with van der Waals surface area (Å²) < 4.78 is 12.8. The van der Waals surface area contributed by atoms with E-state index < -0.39 is 0 Å². The van der Waals surface area contributed by atoms with Gasteiger partial charge in [0.15, 0.2) is 11.5 Å². The number of fused-ring (bicyclic) bond motifs is 1. The van der Waals surface area contributed by atoms with E-state index >= 15 is 0 Å². The summed E-state index contributed by atoms with van der Waals surface area (Å²) in [6.45, 7) is 5.75. The second-order valence-electron chi connectivity index (χ2n) is 6.56. The van der Waals surface area contributed by atoms with Crippen LogP contribution in [-0.4, -0.2) is 18.2 Å². The second-order valence-corrected chi connectivity index (χ2v) is 8.58. The van der Waals surface area contributed by atoms with Crippen LogP contribution in [0.15, 0.2) is 35.7 Å². The van der Waals surface area contributed by atoms with Gasteiger partial charge in [-0.15, -0.1) is 11.3 Å². The van der Waals surface area contributed by atoms with Crippen LogP contribution in [0.5, 0.6) is 11.5 Å². The predicted octanol–water partition coefficient (Wildman–Crippen LogP) is 5.78. The van der Waals surface area contributed by atoms with E-state index in [2.05, 4.69) is 60.0 Å². The van der Waals surface area contributed by atoms with Gasteiger partial charge in [-0.05, 0) is 77.4 Å². The van der Waals surface area contributed by atoms with Crippen LogP contribution >= 0.6 is 33.9 Å². The summed E-state index contributed by atoms with van der Waals surface area (Å²) in [4.78, 5) is 4.86. The quantitative estimate of drug-likeness (QED) is 0.448. The average molecular weight is 477 g/mol. The highest BCUT2D eigenvalue weighted by molar-refractivity contribution is 14.1.